The van der Waals surface area contributed by atoms with Gasteiger partial charge in [-0.1, -0.05) is 17.2 Å². The Kier molecular flexibility index (Phi) is 2.03. The van der Waals surface area contributed by atoms with Crippen LogP contribution in [0.15, 0.2) is 10.3 Å². The van der Waals surface area contributed by atoms with Gasteiger partial charge in [-0.2, -0.15) is 0 Å². The SMILES string of the molecule is CC12CC3CC(C1)C(=NO)C(=NO)C(C3)C2. The second-order valence-corrected chi connectivity index (χ2v) is 6.12. The summed E-state index contributed by atoms with van der Waals surface area (Å²) >= 11 is 0. The molecule has 0 amide bonds. The molecule has 4 aliphatic carbocycles. The normalized spacial score (nSPS) is 51.2. The fourth-order valence-electron chi connectivity index (χ4n) is 4.47. The summed E-state index contributed by atoms with van der Waals surface area (Å²) in [7, 11) is 0. The average molecular weight is 222 g/mol. The standard InChI is InChI=1S/C12H18N2O2/c1-12-4-7-2-8(5-12)10(13-15)11(14-16)9(3-7)6-12/h7-9,15-16H,2-6H2,1H3. The lowest BCUT2D eigenvalue weighted by Crippen LogP contribution is -2.36. The summed E-state index contributed by atoms with van der Waals surface area (Å²) < 4.78 is 0. The van der Waals surface area contributed by atoms with Crippen molar-refractivity contribution in [1.82, 2.24) is 0 Å². The van der Waals surface area contributed by atoms with Gasteiger partial charge in [-0.05, 0) is 43.4 Å². The lowest BCUT2D eigenvalue weighted by Gasteiger charge is -2.45. The van der Waals surface area contributed by atoms with E-state index in [1.165, 1.54) is 6.42 Å². The molecule has 2 unspecified atom stereocenters. The fourth-order valence-corrected chi connectivity index (χ4v) is 4.47. The predicted octanol–water partition coefficient (Wildman–Crippen LogP) is 2.49. The topological polar surface area (TPSA) is 65.2 Å². The quantitative estimate of drug-likeness (QED) is 0.488. The maximum absolute atomic E-state index is 9.15. The van der Waals surface area contributed by atoms with E-state index in [-0.39, 0.29) is 0 Å². The third-order valence-electron chi connectivity index (χ3n) is 4.75. The molecule has 0 saturated heterocycles. The summed E-state index contributed by atoms with van der Waals surface area (Å²) in [6, 6.07) is 0. The van der Waals surface area contributed by atoms with Gasteiger partial charge in [0.2, 0.25) is 0 Å². The Bertz CT molecular complexity index is 345. The highest BCUT2D eigenvalue weighted by atomic mass is 16.4. The summed E-state index contributed by atoms with van der Waals surface area (Å²) in [5, 5.41) is 25.1. The Labute approximate surface area is 95.0 Å². The molecule has 4 nitrogen and oxygen atoms in total. The molecule has 0 heterocycles. The molecule has 4 heteroatoms. The second-order valence-electron chi connectivity index (χ2n) is 6.12. The average Bonchev–Trinajstić information content (AvgIpc) is 2.36. The highest BCUT2D eigenvalue weighted by Gasteiger charge is 2.51. The summed E-state index contributed by atoms with van der Waals surface area (Å²) in [5.41, 5.74) is 1.66. The third kappa shape index (κ3) is 1.28. The molecule has 4 rings (SSSR count). The molecule has 16 heavy (non-hydrogen) atoms. The summed E-state index contributed by atoms with van der Waals surface area (Å²) in [4.78, 5) is 0. The van der Waals surface area contributed by atoms with Crippen molar-refractivity contribution < 1.29 is 10.4 Å². The minimum absolute atomic E-state index is 0.298. The monoisotopic (exact) mass is 222 g/mol. The first kappa shape index (κ1) is 10.1. The van der Waals surface area contributed by atoms with E-state index >= 15 is 0 Å². The molecule has 0 aromatic rings. The van der Waals surface area contributed by atoms with Gasteiger partial charge in [0.1, 0.15) is 11.4 Å². The van der Waals surface area contributed by atoms with E-state index < -0.39 is 0 Å². The Morgan fingerprint density at radius 1 is 1.00 bits per heavy atom. The number of nitrogens with zero attached hydrogens (tertiary/aromatic N) is 2. The molecular formula is C12H18N2O2. The van der Waals surface area contributed by atoms with Crippen molar-refractivity contribution in [2.75, 3.05) is 0 Å². The molecular weight excluding hydrogens is 204 g/mol. The zero-order valence-corrected chi connectivity index (χ0v) is 9.56. The van der Waals surface area contributed by atoms with Crippen LogP contribution in [0.1, 0.15) is 39.0 Å². The summed E-state index contributed by atoms with van der Waals surface area (Å²) in [6.07, 6.45) is 5.66. The Hall–Kier alpha value is -1.06. The molecule has 4 aliphatic rings. The number of hydrogen-bond donors (Lipinski definition) is 2. The molecule has 0 aliphatic heterocycles. The molecule has 0 radical (unpaired) electrons. The number of oxime groups is 2. The fraction of sp³-hybridized carbons (Fsp3) is 0.833. The first-order chi connectivity index (χ1) is 7.65. The zero-order valence-electron chi connectivity index (χ0n) is 9.56. The van der Waals surface area contributed by atoms with Gasteiger partial charge in [0.15, 0.2) is 0 Å². The van der Waals surface area contributed by atoms with E-state index in [9.17, 15) is 0 Å². The number of hydrogen-bond acceptors (Lipinski definition) is 4. The van der Waals surface area contributed by atoms with Gasteiger partial charge in [0.05, 0.1) is 0 Å². The zero-order chi connectivity index (χ0) is 11.3. The van der Waals surface area contributed by atoms with Crippen molar-refractivity contribution in [2.45, 2.75) is 39.0 Å². The molecule has 4 saturated carbocycles. The van der Waals surface area contributed by atoms with E-state index in [1.54, 1.807) is 0 Å². The molecule has 4 bridgehead atoms. The van der Waals surface area contributed by atoms with Crippen molar-refractivity contribution in [3.05, 3.63) is 0 Å². The minimum Gasteiger partial charge on any atom is -0.411 e. The molecule has 2 atom stereocenters. The van der Waals surface area contributed by atoms with Gasteiger partial charge >= 0.3 is 0 Å². The summed E-state index contributed by atoms with van der Waals surface area (Å²) in [6.45, 7) is 2.33. The van der Waals surface area contributed by atoms with E-state index in [0.717, 1.165) is 31.6 Å². The molecule has 88 valence electrons. The van der Waals surface area contributed by atoms with Gasteiger partial charge < -0.3 is 10.4 Å². The van der Waals surface area contributed by atoms with Crippen molar-refractivity contribution in [3.8, 4) is 0 Å². The largest absolute Gasteiger partial charge is 0.411 e. The van der Waals surface area contributed by atoms with Crippen molar-refractivity contribution in [1.29, 1.82) is 0 Å². The van der Waals surface area contributed by atoms with E-state index in [0.29, 0.717) is 28.7 Å². The maximum Gasteiger partial charge on any atom is 0.108 e. The van der Waals surface area contributed by atoms with Gasteiger partial charge in [0.25, 0.3) is 0 Å². The third-order valence-corrected chi connectivity index (χ3v) is 4.75. The molecule has 2 N–H and O–H groups in total. The van der Waals surface area contributed by atoms with Gasteiger partial charge in [-0.3, -0.25) is 0 Å². The van der Waals surface area contributed by atoms with Gasteiger partial charge in [-0.25, -0.2) is 0 Å². The second kappa shape index (κ2) is 3.22. The Balaban J connectivity index is 2.09. The van der Waals surface area contributed by atoms with E-state index in [4.69, 9.17) is 10.4 Å². The van der Waals surface area contributed by atoms with Gasteiger partial charge in [-0.15, -0.1) is 0 Å². The predicted molar refractivity (Wildman–Crippen MR) is 60.1 cm³/mol. The van der Waals surface area contributed by atoms with Crippen LogP contribution >= 0.6 is 0 Å². The lowest BCUT2D eigenvalue weighted by molar-refractivity contribution is 0.0658. The molecule has 0 spiro atoms. The van der Waals surface area contributed by atoms with Crippen molar-refractivity contribution in [3.63, 3.8) is 0 Å². The highest BCUT2D eigenvalue weighted by molar-refractivity contribution is 6.43. The van der Waals surface area contributed by atoms with Crippen LogP contribution in [0.25, 0.3) is 0 Å². The first-order valence-electron chi connectivity index (χ1n) is 6.09. The van der Waals surface area contributed by atoms with E-state index in [2.05, 4.69) is 17.2 Å². The Morgan fingerprint density at radius 2 is 1.50 bits per heavy atom. The smallest absolute Gasteiger partial charge is 0.108 e. The summed E-state index contributed by atoms with van der Waals surface area (Å²) in [5.74, 6) is 1.32. The molecule has 0 aromatic carbocycles. The van der Waals surface area contributed by atoms with Crippen LogP contribution < -0.4 is 0 Å². The van der Waals surface area contributed by atoms with E-state index in [1.807, 2.05) is 0 Å². The highest BCUT2D eigenvalue weighted by Crippen LogP contribution is 2.55. The van der Waals surface area contributed by atoms with Crippen molar-refractivity contribution >= 4 is 11.4 Å². The van der Waals surface area contributed by atoms with Crippen LogP contribution in [0.5, 0.6) is 0 Å². The van der Waals surface area contributed by atoms with Gasteiger partial charge in [0, 0.05) is 11.8 Å². The van der Waals surface area contributed by atoms with Crippen molar-refractivity contribution in [2.24, 2.45) is 33.5 Å². The Morgan fingerprint density at radius 3 is 1.88 bits per heavy atom. The minimum atomic E-state index is 0.298. The van der Waals surface area contributed by atoms with Crippen LogP contribution in [-0.2, 0) is 0 Å². The van der Waals surface area contributed by atoms with Crippen LogP contribution in [-0.4, -0.2) is 21.8 Å². The maximum atomic E-state index is 9.15. The molecule has 4 fully saturated rings. The number of fused-ring (bicyclic) bond motifs is 1. The van der Waals surface area contributed by atoms with Crippen LogP contribution in [0, 0.1) is 23.2 Å². The molecule has 0 aromatic heterocycles. The first-order valence-corrected chi connectivity index (χ1v) is 6.09. The lowest BCUT2D eigenvalue weighted by atomic mass is 9.59. The van der Waals surface area contributed by atoms with Crippen LogP contribution in [0.3, 0.4) is 0 Å². The van der Waals surface area contributed by atoms with Crippen LogP contribution in [0.4, 0.5) is 0 Å². The van der Waals surface area contributed by atoms with Crippen LogP contribution in [0.2, 0.25) is 0 Å². The number of rotatable bonds is 0.